The van der Waals surface area contributed by atoms with Gasteiger partial charge in [-0.25, -0.2) is 0 Å². The van der Waals surface area contributed by atoms with Gasteiger partial charge in [0.05, 0.1) is 11.0 Å². The van der Waals surface area contributed by atoms with Crippen LogP contribution in [0.5, 0.6) is 0 Å². The number of carbonyl (C=O) groups excluding carboxylic acids is 2. The van der Waals surface area contributed by atoms with Crippen LogP contribution in [0.15, 0.2) is 48.5 Å². The second-order valence-electron chi connectivity index (χ2n) is 6.65. The molecule has 0 aliphatic heterocycles. The van der Waals surface area contributed by atoms with E-state index in [1.165, 1.54) is 29.8 Å². The summed E-state index contributed by atoms with van der Waals surface area (Å²) in [5.74, 6) is -0.805. The molecule has 0 aromatic heterocycles. The van der Waals surface area contributed by atoms with E-state index < -0.39 is 16.9 Å². The van der Waals surface area contributed by atoms with Crippen molar-refractivity contribution in [1.82, 2.24) is 10.6 Å². The van der Waals surface area contributed by atoms with Crippen molar-refractivity contribution in [2.45, 2.75) is 38.3 Å². The summed E-state index contributed by atoms with van der Waals surface area (Å²) in [5.41, 5.74) is 2.34. The first-order valence-corrected chi connectivity index (χ1v) is 8.89. The molecule has 1 aliphatic rings. The molecule has 140 valence electrons. The van der Waals surface area contributed by atoms with Crippen molar-refractivity contribution in [2.75, 3.05) is 0 Å². The maximum absolute atomic E-state index is 12.5. The van der Waals surface area contributed by atoms with E-state index in [2.05, 4.69) is 16.7 Å². The fraction of sp³-hybridized carbons (Fsp3) is 0.300. The summed E-state index contributed by atoms with van der Waals surface area (Å²) in [7, 11) is 0. The molecule has 2 atom stereocenters. The summed E-state index contributed by atoms with van der Waals surface area (Å²) in [4.78, 5) is 35.1. The molecular formula is C20H21N3O4. The van der Waals surface area contributed by atoms with Crippen LogP contribution in [0.4, 0.5) is 5.69 Å². The molecule has 2 amide bonds. The van der Waals surface area contributed by atoms with Gasteiger partial charge in [-0.1, -0.05) is 30.3 Å². The van der Waals surface area contributed by atoms with E-state index in [0.29, 0.717) is 0 Å². The summed E-state index contributed by atoms with van der Waals surface area (Å²) in [5, 5.41) is 16.4. The van der Waals surface area contributed by atoms with Crippen LogP contribution in [0.3, 0.4) is 0 Å². The van der Waals surface area contributed by atoms with Crippen LogP contribution in [-0.4, -0.2) is 22.8 Å². The molecule has 2 N–H and O–H groups in total. The van der Waals surface area contributed by atoms with Gasteiger partial charge in [-0.05, 0) is 43.4 Å². The summed E-state index contributed by atoms with van der Waals surface area (Å²) in [6, 6.07) is 12.6. The smallest absolute Gasteiger partial charge is 0.270 e. The number of amides is 2. The number of nitrogens with zero attached hydrogens (tertiary/aromatic N) is 1. The van der Waals surface area contributed by atoms with Crippen LogP contribution in [0.25, 0.3) is 0 Å². The fourth-order valence-electron chi connectivity index (χ4n) is 3.31. The number of nitrogens with one attached hydrogen (secondary N) is 2. The maximum Gasteiger partial charge on any atom is 0.270 e. The predicted octanol–water partition coefficient (Wildman–Crippen LogP) is 2.91. The van der Waals surface area contributed by atoms with Crippen molar-refractivity contribution in [2.24, 2.45) is 0 Å². The average molecular weight is 367 g/mol. The largest absolute Gasteiger partial charge is 0.348 e. The zero-order valence-electron chi connectivity index (χ0n) is 15.0. The number of hydrogen-bond acceptors (Lipinski definition) is 4. The minimum atomic E-state index is -0.758. The first-order chi connectivity index (χ1) is 13.0. The van der Waals surface area contributed by atoms with Gasteiger partial charge in [-0.3, -0.25) is 19.7 Å². The number of hydrogen-bond donors (Lipinski definition) is 2. The Labute approximate surface area is 156 Å². The van der Waals surface area contributed by atoms with Gasteiger partial charge in [0.1, 0.15) is 6.04 Å². The van der Waals surface area contributed by atoms with Crippen LogP contribution in [0, 0.1) is 10.1 Å². The lowest BCUT2D eigenvalue weighted by Crippen LogP contribution is -2.46. The van der Waals surface area contributed by atoms with E-state index in [1.54, 1.807) is 6.92 Å². The third kappa shape index (κ3) is 4.31. The highest BCUT2D eigenvalue weighted by Crippen LogP contribution is 2.29. The minimum absolute atomic E-state index is 0.0698. The molecule has 0 saturated heterocycles. The molecule has 0 radical (unpaired) electrons. The molecule has 2 aromatic carbocycles. The first-order valence-electron chi connectivity index (χ1n) is 8.89. The molecule has 1 aliphatic carbocycles. The van der Waals surface area contributed by atoms with E-state index in [-0.39, 0.29) is 23.2 Å². The van der Waals surface area contributed by atoms with E-state index in [1.807, 2.05) is 18.2 Å². The van der Waals surface area contributed by atoms with Crippen LogP contribution >= 0.6 is 0 Å². The lowest BCUT2D eigenvalue weighted by Gasteiger charge is -2.27. The van der Waals surface area contributed by atoms with Gasteiger partial charge in [-0.2, -0.15) is 0 Å². The normalized spacial score (nSPS) is 16.7. The van der Waals surface area contributed by atoms with Gasteiger partial charge in [0.25, 0.3) is 11.6 Å². The fourth-order valence-corrected chi connectivity index (χ4v) is 3.31. The maximum atomic E-state index is 12.5. The molecule has 7 nitrogen and oxygen atoms in total. The number of fused-ring (bicyclic) bond motifs is 1. The molecule has 27 heavy (non-hydrogen) atoms. The molecule has 0 saturated carbocycles. The van der Waals surface area contributed by atoms with Crippen LogP contribution in [0.2, 0.25) is 0 Å². The van der Waals surface area contributed by atoms with Gasteiger partial charge >= 0.3 is 0 Å². The number of nitro benzene ring substituents is 1. The highest BCUT2D eigenvalue weighted by atomic mass is 16.6. The van der Waals surface area contributed by atoms with Gasteiger partial charge in [0, 0.05) is 17.7 Å². The van der Waals surface area contributed by atoms with E-state index >= 15 is 0 Å². The molecule has 7 heteroatoms. The van der Waals surface area contributed by atoms with Gasteiger partial charge in [0.15, 0.2) is 0 Å². The lowest BCUT2D eigenvalue weighted by atomic mass is 9.87. The van der Waals surface area contributed by atoms with Gasteiger partial charge < -0.3 is 10.6 Å². The van der Waals surface area contributed by atoms with E-state index in [9.17, 15) is 19.7 Å². The molecule has 0 bridgehead atoms. The van der Waals surface area contributed by atoms with Crippen molar-refractivity contribution >= 4 is 17.5 Å². The Morgan fingerprint density at radius 2 is 1.96 bits per heavy atom. The number of nitro groups is 1. The molecule has 0 heterocycles. The highest BCUT2D eigenvalue weighted by Gasteiger charge is 2.24. The summed E-state index contributed by atoms with van der Waals surface area (Å²) >= 11 is 0. The Kier molecular flexibility index (Phi) is 5.49. The molecule has 2 aromatic rings. The third-order valence-electron chi connectivity index (χ3n) is 4.75. The quantitative estimate of drug-likeness (QED) is 0.627. The Hall–Kier alpha value is -3.22. The Bertz CT molecular complexity index is 881. The second kappa shape index (κ2) is 7.99. The summed E-state index contributed by atoms with van der Waals surface area (Å²) in [6.45, 7) is 1.60. The predicted molar refractivity (Wildman–Crippen MR) is 100 cm³/mol. The summed E-state index contributed by atoms with van der Waals surface area (Å²) < 4.78 is 0. The minimum Gasteiger partial charge on any atom is -0.348 e. The molecule has 0 spiro atoms. The summed E-state index contributed by atoms with van der Waals surface area (Å²) in [6.07, 6.45) is 2.85. The third-order valence-corrected chi connectivity index (χ3v) is 4.75. The Morgan fingerprint density at radius 1 is 1.19 bits per heavy atom. The van der Waals surface area contributed by atoms with Gasteiger partial charge in [-0.15, -0.1) is 0 Å². The van der Waals surface area contributed by atoms with E-state index in [0.717, 1.165) is 24.8 Å². The van der Waals surface area contributed by atoms with E-state index in [4.69, 9.17) is 0 Å². The topological polar surface area (TPSA) is 101 Å². The van der Waals surface area contributed by atoms with Crippen LogP contribution < -0.4 is 10.6 Å². The number of carbonyl (C=O) groups is 2. The molecule has 0 unspecified atom stereocenters. The number of aryl methyl sites for hydroxylation is 1. The number of non-ortho nitro benzene ring substituents is 1. The molecule has 0 fully saturated rings. The SMILES string of the molecule is C[C@H](NC(=O)c1cccc([N+](=O)[O-])c1)C(=O)N[C@@H]1CCCc2ccccc21. The first kappa shape index (κ1) is 18.6. The van der Waals surface area contributed by atoms with Crippen LogP contribution in [0.1, 0.15) is 47.3 Å². The molecule has 3 rings (SSSR count). The Balaban J connectivity index is 1.64. The zero-order chi connectivity index (χ0) is 19.4. The highest BCUT2D eigenvalue weighted by molar-refractivity contribution is 5.97. The van der Waals surface area contributed by atoms with Crippen molar-refractivity contribution in [1.29, 1.82) is 0 Å². The van der Waals surface area contributed by atoms with Crippen molar-refractivity contribution in [3.05, 3.63) is 75.3 Å². The number of benzene rings is 2. The number of rotatable bonds is 5. The monoisotopic (exact) mass is 367 g/mol. The average Bonchev–Trinajstić information content (AvgIpc) is 2.68. The van der Waals surface area contributed by atoms with Crippen LogP contribution in [-0.2, 0) is 11.2 Å². The second-order valence-corrected chi connectivity index (χ2v) is 6.65. The standard InChI is InChI=1S/C20H21N3O4/c1-13(21-20(25)15-8-4-9-16(12-15)23(26)27)19(24)22-18-11-5-7-14-6-2-3-10-17(14)18/h2-4,6,8-10,12-13,18H,5,7,11H2,1H3,(H,21,25)(H,22,24)/t13-,18+/m0/s1. The van der Waals surface area contributed by atoms with Crippen molar-refractivity contribution < 1.29 is 14.5 Å². The van der Waals surface area contributed by atoms with Crippen molar-refractivity contribution in [3.63, 3.8) is 0 Å². The lowest BCUT2D eigenvalue weighted by molar-refractivity contribution is -0.384. The van der Waals surface area contributed by atoms with Crippen molar-refractivity contribution in [3.8, 4) is 0 Å². The van der Waals surface area contributed by atoms with Gasteiger partial charge in [0.2, 0.25) is 5.91 Å². The zero-order valence-corrected chi connectivity index (χ0v) is 15.0. The Morgan fingerprint density at radius 3 is 2.74 bits per heavy atom. The molecular weight excluding hydrogens is 346 g/mol.